The van der Waals surface area contributed by atoms with E-state index in [1.165, 1.54) is 11.1 Å². The fourth-order valence-corrected chi connectivity index (χ4v) is 5.61. The Morgan fingerprint density at radius 1 is 1.07 bits per heavy atom. The van der Waals surface area contributed by atoms with Gasteiger partial charge in [-0.3, -0.25) is 14.7 Å². The summed E-state index contributed by atoms with van der Waals surface area (Å²) in [5.74, 6) is 1.13. The highest BCUT2D eigenvalue weighted by Crippen LogP contribution is 2.47. The molecule has 1 amide bonds. The summed E-state index contributed by atoms with van der Waals surface area (Å²) >= 11 is 0. The van der Waals surface area contributed by atoms with Crippen molar-refractivity contribution < 1.29 is 9.53 Å². The third-order valence-electron chi connectivity index (χ3n) is 7.08. The lowest BCUT2D eigenvalue weighted by molar-refractivity contribution is 0.0361. The van der Waals surface area contributed by atoms with Crippen LogP contribution in [0.15, 0.2) is 48.8 Å². The lowest BCUT2D eigenvalue weighted by Crippen LogP contribution is -2.41. The Hall–Kier alpha value is -2.24. The van der Waals surface area contributed by atoms with Gasteiger partial charge in [-0.05, 0) is 48.9 Å². The molecule has 3 saturated heterocycles. The molecular weight excluding hydrogens is 362 g/mol. The van der Waals surface area contributed by atoms with Crippen LogP contribution in [0.5, 0.6) is 0 Å². The summed E-state index contributed by atoms with van der Waals surface area (Å²) in [5, 5.41) is 0. The highest BCUT2D eigenvalue weighted by Gasteiger charge is 2.50. The molecule has 3 aliphatic rings. The van der Waals surface area contributed by atoms with Crippen LogP contribution < -0.4 is 0 Å². The lowest BCUT2D eigenvalue weighted by atomic mass is 9.87. The fraction of sp³-hybridized carbons (Fsp3) is 0.500. The average molecular weight is 392 g/mol. The molecule has 5 rings (SSSR count). The van der Waals surface area contributed by atoms with Gasteiger partial charge in [0.2, 0.25) is 0 Å². The number of carbonyl (C=O) groups excluding carboxylic acids is 1. The van der Waals surface area contributed by atoms with E-state index in [0.29, 0.717) is 23.4 Å². The Labute approximate surface area is 172 Å². The molecule has 0 aliphatic carbocycles. The van der Waals surface area contributed by atoms with Crippen LogP contribution in [0.1, 0.15) is 40.4 Å². The van der Waals surface area contributed by atoms with Gasteiger partial charge in [-0.1, -0.05) is 24.3 Å². The maximum atomic E-state index is 13.4. The molecule has 5 heteroatoms. The summed E-state index contributed by atoms with van der Waals surface area (Å²) in [6.07, 6.45) is 5.68. The summed E-state index contributed by atoms with van der Waals surface area (Å²) < 4.78 is 5.57. The van der Waals surface area contributed by atoms with Crippen LogP contribution in [0.2, 0.25) is 0 Å². The normalized spacial score (nSPS) is 27.9. The van der Waals surface area contributed by atoms with E-state index in [9.17, 15) is 4.79 Å². The van der Waals surface area contributed by atoms with E-state index in [1.54, 1.807) is 12.4 Å². The van der Waals surface area contributed by atoms with Crippen LogP contribution in [0.3, 0.4) is 0 Å². The predicted molar refractivity (Wildman–Crippen MR) is 112 cm³/mol. The molecule has 0 unspecified atom stereocenters. The second kappa shape index (κ2) is 7.88. The summed E-state index contributed by atoms with van der Waals surface area (Å²) in [6.45, 7) is 6.92. The molecule has 152 valence electrons. The molecule has 4 heterocycles. The van der Waals surface area contributed by atoms with Gasteiger partial charge in [-0.15, -0.1) is 0 Å². The zero-order valence-corrected chi connectivity index (χ0v) is 17.0. The quantitative estimate of drug-likeness (QED) is 0.805. The van der Waals surface area contributed by atoms with Gasteiger partial charge in [0.1, 0.15) is 0 Å². The van der Waals surface area contributed by atoms with Gasteiger partial charge in [-0.2, -0.15) is 0 Å². The zero-order chi connectivity index (χ0) is 19.8. The highest BCUT2D eigenvalue weighted by atomic mass is 16.5. The van der Waals surface area contributed by atoms with Crippen molar-refractivity contribution in [3.05, 3.63) is 65.5 Å². The van der Waals surface area contributed by atoms with Gasteiger partial charge in [-0.25, -0.2) is 0 Å². The number of aromatic nitrogens is 1. The van der Waals surface area contributed by atoms with E-state index in [4.69, 9.17) is 4.74 Å². The number of amides is 1. The minimum Gasteiger partial charge on any atom is -0.381 e. The number of carbonyl (C=O) groups is 1. The van der Waals surface area contributed by atoms with E-state index in [0.717, 1.165) is 45.7 Å². The molecule has 2 aromatic rings. The molecule has 1 aromatic heterocycles. The molecule has 0 spiro atoms. The number of hydrogen-bond donors (Lipinski definition) is 0. The number of fused-ring (bicyclic) bond motifs is 1. The first-order valence-electron chi connectivity index (χ1n) is 10.8. The lowest BCUT2D eigenvalue weighted by Gasteiger charge is -2.34. The van der Waals surface area contributed by atoms with E-state index in [2.05, 4.69) is 46.0 Å². The molecule has 29 heavy (non-hydrogen) atoms. The first-order valence-corrected chi connectivity index (χ1v) is 10.8. The Balaban J connectivity index is 1.45. The maximum absolute atomic E-state index is 13.4. The second-order valence-electron chi connectivity index (χ2n) is 8.72. The standard InChI is InChI=1S/C24H29N3O2/c1-17-5-2-3-7-21(17)23-22-16-26(20-8-11-29-12-9-20)14-19(22)15-27(23)24(28)18-6-4-10-25-13-18/h2-7,10,13,19-20,22-23H,8-9,11-12,14-16H2,1H3/t19-,22-,23+/m0/s1. The smallest absolute Gasteiger partial charge is 0.255 e. The molecule has 3 aliphatic heterocycles. The molecule has 3 fully saturated rings. The number of aryl methyl sites for hydroxylation is 1. The topological polar surface area (TPSA) is 45.7 Å². The van der Waals surface area contributed by atoms with Crippen molar-refractivity contribution in [3.8, 4) is 0 Å². The van der Waals surface area contributed by atoms with Crippen LogP contribution in [0, 0.1) is 18.8 Å². The Morgan fingerprint density at radius 2 is 1.90 bits per heavy atom. The number of hydrogen-bond acceptors (Lipinski definition) is 4. The number of nitrogens with zero attached hydrogens (tertiary/aromatic N) is 3. The first-order chi connectivity index (χ1) is 14.2. The molecule has 0 N–H and O–H groups in total. The van der Waals surface area contributed by atoms with Crippen LogP contribution in [0.4, 0.5) is 0 Å². The van der Waals surface area contributed by atoms with Crippen LogP contribution in [-0.2, 0) is 4.74 Å². The summed E-state index contributed by atoms with van der Waals surface area (Å²) in [4.78, 5) is 22.4. The fourth-order valence-electron chi connectivity index (χ4n) is 5.61. The molecule has 1 aromatic carbocycles. The molecular formula is C24H29N3O2. The van der Waals surface area contributed by atoms with Crippen LogP contribution in [-0.4, -0.2) is 59.6 Å². The largest absolute Gasteiger partial charge is 0.381 e. The van der Waals surface area contributed by atoms with Gasteiger partial charge >= 0.3 is 0 Å². The van der Waals surface area contributed by atoms with Crippen molar-refractivity contribution >= 4 is 5.91 Å². The highest BCUT2D eigenvalue weighted by molar-refractivity contribution is 5.94. The van der Waals surface area contributed by atoms with Crippen LogP contribution in [0.25, 0.3) is 0 Å². The number of rotatable bonds is 3. The van der Waals surface area contributed by atoms with Crippen molar-refractivity contribution in [1.82, 2.24) is 14.8 Å². The maximum Gasteiger partial charge on any atom is 0.255 e. The monoisotopic (exact) mass is 391 g/mol. The third kappa shape index (κ3) is 3.47. The molecule has 0 saturated carbocycles. The Bertz CT molecular complexity index is 865. The average Bonchev–Trinajstić information content (AvgIpc) is 3.33. The second-order valence-corrected chi connectivity index (χ2v) is 8.72. The summed E-state index contributed by atoms with van der Waals surface area (Å²) in [6, 6.07) is 13.1. The summed E-state index contributed by atoms with van der Waals surface area (Å²) in [5.41, 5.74) is 3.25. The van der Waals surface area contributed by atoms with Gasteiger partial charge in [0, 0.05) is 57.2 Å². The third-order valence-corrected chi connectivity index (χ3v) is 7.08. The Morgan fingerprint density at radius 3 is 2.66 bits per heavy atom. The number of likely N-dealkylation sites (tertiary alicyclic amines) is 2. The first kappa shape index (κ1) is 18.8. The number of benzene rings is 1. The number of pyridine rings is 1. The van der Waals surface area contributed by atoms with Crippen molar-refractivity contribution in [2.45, 2.75) is 31.8 Å². The van der Waals surface area contributed by atoms with E-state index < -0.39 is 0 Å². The van der Waals surface area contributed by atoms with Gasteiger partial charge in [0.15, 0.2) is 0 Å². The van der Waals surface area contributed by atoms with Crippen molar-refractivity contribution in [1.29, 1.82) is 0 Å². The van der Waals surface area contributed by atoms with Gasteiger partial charge in [0.25, 0.3) is 5.91 Å². The molecule has 5 nitrogen and oxygen atoms in total. The van der Waals surface area contributed by atoms with Crippen LogP contribution >= 0.6 is 0 Å². The molecule has 0 bridgehead atoms. The minimum atomic E-state index is 0.110. The van der Waals surface area contributed by atoms with Gasteiger partial charge < -0.3 is 9.64 Å². The van der Waals surface area contributed by atoms with Crippen molar-refractivity contribution in [3.63, 3.8) is 0 Å². The molecule has 0 radical (unpaired) electrons. The van der Waals surface area contributed by atoms with Gasteiger partial charge in [0.05, 0.1) is 11.6 Å². The van der Waals surface area contributed by atoms with E-state index >= 15 is 0 Å². The van der Waals surface area contributed by atoms with Crippen molar-refractivity contribution in [2.24, 2.45) is 11.8 Å². The van der Waals surface area contributed by atoms with Crippen molar-refractivity contribution in [2.75, 3.05) is 32.8 Å². The molecule has 3 atom stereocenters. The predicted octanol–water partition coefficient (Wildman–Crippen LogP) is 3.31. The SMILES string of the molecule is Cc1ccccc1[C@@H]1[C@H]2CN(C3CCOCC3)C[C@H]2CN1C(=O)c1cccnc1. The van der Waals surface area contributed by atoms with E-state index in [-0.39, 0.29) is 11.9 Å². The minimum absolute atomic E-state index is 0.110. The Kier molecular flexibility index (Phi) is 5.10. The summed E-state index contributed by atoms with van der Waals surface area (Å²) in [7, 11) is 0. The number of ether oxygens (including phenoxy) is 1. The van der Waals surface area contributed by atoms with E-state index in [1.807, 2.05) is 12.1 Å². The zero-order valence-electron chi connectivity index (χ0n) is 17.0.